The summed E-state index contributed by atoms with van der Waals surface area (Å²) in [4.78, 5) is 14.8. The van der Waals surface area contributed by atoms with Crippen LogP contribution >= 0.6 is 0 Å². The van der Waals surface area contributed by atoms with E-state index < -0.39 is 0 Å². The van der Waals surface area contributed by atoms with E-state index in [4.69, 9.17) is 4.74 Å². The molecular formula is C11H14N2O2. The molecule has 1 amide bonds. The summed E-state index contributed by atoms with van der Waals surface area (Å²) >= 11 is 0. The van der Waals surface area contributed by atoms with Gasteiger partial charge in [0.15, 0.2) is 0 Å². The summed E-state index contributed by atoms with van der Waals surface area (Å²) in [5.41, 5.74) is 1.41. The Kier molecular flexibility index (Phi) is 3.85. The van der Waals surface area contributed by atoms with E-state index in [1.54, 1.807) is 18.5 Å². The fourth-order valence-corrected chi connectivity index (χ4v) is 1.12. The topological polar surface area (TPSA) is 51.2 Å². The number of hydrogen-bond donors (Lipinski definition) is 1. The molecule has 1 aromatic rings. The molecule has 0 aliphatic heterocycles. The molecule has 1 heterocycles. The van der Waals surface area contributed by atoms with Crippen molar-refractivity contribution >= 4 is 17.4 Å². The fraction of sp³-hybridized carbons (Fsp3) is 0.273. The van der Waals surface area contributed by atoms with Crippen molar-refractivity contribution in [3.05, 3.63) is 30.6 Å². The summed E-state index contributed by atoms with van der Waals surface area (Å²) in [5, 5.41) is 2.64. The summed E-state index contributed by atoms with van der Waals surface area (Å²) in [6.45, 7) is 7.65. The van der Waals surface area contributed by atoms with E-state index in [1.807, 2.05) is 6.92 Å². The summed E-state index contributed by atoms with van der Waals surface area (Å²) in [6, 6.07) is 1.77. The van der Waals surface area contributed by atoms with E-state index in [0.29, 0.717) is 18.1 Å². The Bertz CT molecular complexity index is 375. The quantitative estimate of drug-likeness (QED) is 0.767. The first-order valence-electron chi connectivity index (χ1n) is 4.68. The third kappa shape index (κ3) is 3.42. The molecule has 0 fully saturated rings. The van der Waals surface area contributed by atoms with Gasteiger partial charge >= 0.3 is 0 Å². The molecule has 1 rings (SSSR count). The minimum atomic E-state index is -0.129. The highest BCUT2D eigenvalue weighted by Crippen LogP contribution is 2.16. The number of rotatable bonds is 4. The van der Waals surface area contributed by atoms with Gasteiger partial charge in [0.1, 0.15) is 5.76 Å². The van der Waals surface area contributed by atoms with E-state index in [2.05, 4.69) is 16.9 Å². The third-order valence-corrected chi connectivity index (χ3v) is 1.70. The van der Waals surface area contributed by atoms with E-state index in [1.165, 1.54) is 6.92 Å². The van der Waals surface area contributed by atoms with Crippen LogP contribution in [0.15, 0.2) is 25.0 Å². The van der Waals surface area contributed by atoms with Crippen LogP contribution in [0.25, 0.3) is 5.76 Å². The minimum Gasteiger partial charge on any atom is -0.494 e. The molecule has 0 spiro atoms. The van der Waals surface area contributed by atoms with Crippen molar-refractivity contribution in [3.63, 3.8) is 0 Å². The lowest BCUT2D eigenvalue weighted by molar-refractivity contribution is -0.114. The number of ether oxygens (including phenoxy) is 1. The Labute approximate surface area is 89.0 Å². The average molecular weight is 206 g/mol. The van der Waals surface area contributed by atoms with Crippen LogP contribution < -0.4 is 5.32 Å². The molecule has 4 nitrogen and oxygen atoms in total. The second-order valence-corrected chi connectivity index (χ2v) is 3.00. The Morgan fingerprint density at radius 3 is 2.93 bits per heavy atom. The zero-order valence-corrected chi connectivity index (χ0v) is 8.91. The van der Waals surface area contributed by atoms with Gasteiger partial charge in [-0.05, 0) is 13.0 Å². The van der Waals surface area contributed by atoms with Crippen LogP contribution in [0.3, 0.4) is 0 Å². The number of aromatic nitrogens is 1. The average Bonchev–Trinajstić information content (AvgIpc) is 2.17. The second-order valence-electron chi connectivity index (χ2n) is 3.00. The maximum atomic E-state index is 10.8. The van der Waals surface area contributed by atoms with Gasteiger partial charge in [-0.15, -0.1) is 0 Å². The Morgan fingerprint density at radius 1 is 1.60 bits per heavy atom. The van der Waals surface area contributed by atoms with Crippen molar-refractivity contribution in [2.75, 3.05) is 11.9 Å². The van der Waals surface area contributed by atoms with E-state index >= 15 is 0 Å². The summed E-state index contributed by atoms with van der Waals surface area (Å²) in [5.74, 6) is 0.424. The smallest absolute Gasteiger partial charge is 0.221 e. The van der Waals surface area contributed by atoms with Crippen molar-refractivity contribution in [1.82, 2.24) is 4.98 Å². The van der Waals surface area contributed by atoms with Gasteiger partial charge in [-0.2, -0.15) is 0 Å². The second kappa shape index (κ2) is 5.14. The zero-order valence-electron chi connectivity index (χ0n) is 8.91. The van der Waals surface area contributed by atoms with Gasteiger partial charge in [-0.1, -0.05) is 6.58 Å². The van der Waals surface area contributed by atoms with E-state index in [0.717, 1.165) is 5.56 Å². The molecule has 0 aromatic carbocycles. The van der Waals surface area contributed by atoms with Gasteiger partial charge in [0.05, 0.1) is 18.5 Å². The molecule has 4 heteroatoms. The number of pyridine rings is 1. The number of hydrogen-bond acceptors (Lipinski definition) is 3. The predicted octanol–water partition coefficient (Wildman–Crippen LogP) is 2.05. The van der Waals surface area contributed by atoms with Crippen LogP contribution in [-0.4, -0.2) is 17.5 Å². The van der Waals surface area contributed by atoms with Crippen molar-refractivity contribution in [2.45, 2.75) is 13.8 Å². The zero-order chi connectivity index (χ0) is 11.3. The normalized spacial score (nSPS) is 9.47. The molecule has 0 saturated carbocycles. The SMILES string of the molecule is C=C(OCC)c1cncc(NC(C)=O)c1. The van der Waals surface area contributed by atoms with Gasteiger partial charge < -0.3 is 10.1 Å². The fourth-order valence-electron chi connectivity index (χ4n) is 1.12. The number of carbonyl (C=O) groups excluding carboxylic acids is 1. The molecular weight excluding hydrogens is 192 g/mol. The van der Waals surface area contributed by atoms with Crippen LogP contribution in [0.2, 0.25) is 0 Å². The van der Waals surface area contributed by atoms with Gasteiger partial charge in [0.2, 0.25) is 5.91 Å². The number of amides is 1. The first-order chi connectivity index (χ1) is 7.13. The van der Waals surface area contributed by atoms with E-state index in [9.17, 15) is 4.79 Å². The summed E-state index contributed by atoms with van der Waals surface area (Å²) < 4.78 is 5.24. The molecule has 0 radical (unpaired) electrons. The van der Waals surface area contributed by atoms with Gasteiger partial charge in [-0.3, -0.25) is 9.78 Å². The molecule has 0 bridgehead atoms. The standard InChI is InChI=1S/C11H14N2O2/c1-4-15-8(2)10-5-11(7-12-6-10)13-9(3)14/h5-7H,2,4H2,1,3H3,(H,13,14). The van der Waals surface area contributed by atoms with Crippen molar-refractivity contribution in [2.24, 2.45) is 0 Å². The number of nitrogens with one attached hydrogen (secondary N) is 1. The third-order valence-electron chi connectivity index (χ3n) is 1.70. The Hall–Kier alpha value is -1.84. The lowest BCUT2D eigenvalue weighted by atomic mass is 10.2. The Balaban J connectivity index is 2.82. The van der Waals surface area contributed by atoms with Gasteiger partial charge in [-0.25, -0.2) is 0 Å². The number of carbonyl (C=O) groups is 1. The molecule has 80 valence electrons. The lowest BCUT2D eigenvalue weighted by Crippen LogP contribution is -2.06. The van der Waals surface area contributed by atoms with Crippen molar-refractivity contribution in [3.8, 4) is 0 Å². The molecule has 0 aliphatic carbocycles. The molecule has 1 N–H and O–H groups in total. The van der Waals surface area contributed by atoms with Crippen molar-refractivity contribution in [1.29, 1.82) is 0 Å². The van der Waals surface area contributed by atoms with E-state index in [-0.39, 0.29) is 5.91 Å². The minimum absolute atomic E-state index is 0.129. The molecule has 1 aromatic heterocycles. The molecule has 15 heavy (non-hydrogen) atoms. The highest BCUT2D eigenvalue weighted by atomic mass is 16.5. The van der Waals surface area contributed by atoms with Crippen LogP contribution in [0.4, 0.5) is 5.69 Å². The largest absolute Gasteiger partial charge is 0.494 e. The number of anilines is 1. The monoisotopic (exact) mass is 206 g/mol. The first kappa shape index (κ1) is 11.2. The maximum absolute atomic E-state index is 10.8. The molecule has 0 atom stereocenters. The number of nitrogens with zero attached hydrogens (tertiary/aromatic N) is 1. The van der Waals surface area contributed by atoms with Crippen LogP contribution in [0.5, 0.6) is 0 Å². The molecule has 0 unspecified atom stereocenters. The highest BCUT2D eigenvalue weighted by Gasteiger charge is 2.02. The molecule has 0 saturated heterocycles. The lowest BCUT2D eigenvalue weighted by Gasteiger charge is -2.08. The van der Waals surface area contributed by atoms with Gasteiger partial charge in [0, 0.05) is 18.7 Å². The van der Waals surface area contributed by atoms with Crippen molar-refractivity contribution < 1.29 is 9.53 Å². The summed E-state index contributed by atoms with van der Waals surface area (Å²) in [6.07, 6.45) is 3.22. The predicted molar refractivity (Wildman–Crippen MR) is 59.2 cm³/mol. The van der Waals surface area contributed by atoms with Gasteiger partial charge in [0.25, 0.3) is 0 Å². The van der Waals surface area contributed by atoms with Crippen LogP contribution in [0.1, 0.15) is 19.4 Å². The highest BCUT2D eigenvalue weighted by molar-refractivity contribution is 5.88. The maximum Gasteiger partial charge on any atom is 0.221 e. The Morgan fingerprint density at radius 2 is 2.33 bits per heavy atom. The molecule has 0 aliphatic rings. The summed E-state index contributed by atoms with van der Waals surface area (Å²) in [7, 11) is 0. The van der Waals surface area contributed by atoms with Crippen LogP contribution in [0, 0.1) is 0 Å². The van der Waals surface area contributed by atoms with Crippen LogP contribution in [-0.2, 0) is 9.53 Å². The first-order valence-corrected chi connectivity index (χ1v) is 4.68.